The highest BCUT2D eigenvalue weighted by Gasteiger charge is 2.08. The van der Waals surface area contributed by atoms with Crippen molar-refractivity contribution in [2.75, 3.05) is 0 Å². The Bertz CT molecular complexity index is 478. The van der Waals surface area contributed by atoms with Crippen molar-refractivity contribution in [1.29, 1.82) is 0 Å². The molecule has 1 aromatic heterocycles. The monoisotopic (exact) mass is 221 g/mol. The fourth-order valence-electron chi connectivity index (χ4n) is 1.74. The zero-order chi connectivity index (χ0) is 11.5. The van der Waals surface area contributed by atoms with Crippen LogP contribution in [0.15, 0.2) is 28.7 Å². The predicted octanol–water partition coefficient (Wildman–Crippen LogP) is 3.24. The Hall–Kier alpha value is -1.35. The minimum atomic E-state index is -0.302. The van der Waals surface area contributed by atoms with Gasteiger partial charge in [-0.2, -0.15) is 0 Å². The van der Waals surface area contributed by atoms with Crippen LogP contribution < -0.4 is 5.73 Å². The summed E-state index contributed by atoms with van der Waals surface area (Å²) < 4.78 is 18.8. The number of nitrogens with two attached hydrogens (primary N) is 1. The van der Waals surface area contributed by atoms with Gasteiger partial charge in [-0.1, -0.05) is 19.1 Å². The van der Waals surface area contributed by atoms with Gasteiger partial charge in [-0.25, -0.2) is 4.39 Å². The van der Waals surface area contributed by atoms with Gasteiger partial charge < -0.3 is 10.2 Å². The van der Waals surface area contributed by atoms with E-state index in [0.29, 0.717) is 5.58 Å². The van der Waals surface area contributed by atoms with Crippen molar-refractivity contribution in [2.45, 2.75) is 32.2 Å². The Morgan fingerprint density at radius 3 is 2.94 bits per heavy atom. The lowest BCUT2D eigenvalue weighted by molar-refractivity contribution is 0.492. The van der Waals surface area contributed by atoms with Crippen LogP contribution in [-0.4, -0.2) is 6.04 Å². The Kier molecular flexibility index (Phi) is 3.25. The summed E-state index contributed by atoms with van der Waals surface area (Å²) in [5.41, 5.74) is 6.18. The van der Waals surface area contributed by atoms with Gasteiger partial charge in [0.25, 0.3) is 0 Å². The first kappa shape index (κ1) is 11.1. The van der Waals surface area contributed by atoms with Crippen molar-refractivity contribution in [2.24, 2.45) is 5.73 Å². The minimum Gasteiger partial charge on any atom is -0.458 e. The molecular weight excluding hydrogens is 205 g/mol. The van der Waals surface area contributed by atoms with Crippen LogP contribution in [0.25, 0.3) is 11.0 Å². The molecule has 86 valence electrons. The summed E-state index contributed by atoms with van der Waals surface area (Å²) in [6.45, 7) is 2.06. The topological polar surface area (TPSA) is 39.2 Å². The van der Waals surface area contributed by atoms with Gasteiger partial charge in [0.15, 0.2) is 11.4 Å². The second-order valence-corrected chi connectivity index (χ2v) is 4.08. The molecule has 0 spiro atoms. The number of halogens is 1. The molecule has 1 unspecified atom stereocenters. The smallest absolute Gasteiger partial charge is 0.169 e. The lowest BCUT2D eigenvalue weighted by Gasteiger charge is -2.05. The average Bonchev–Trinajstić information content (AvgIpc) is 2.70. The van der Waals surface area contributed by atoms with E-state index in [1.54, 1.807) is 6.07 Å². The molecule has 0 bridgehead atoms. The van der Waals surface area contributed by atoms with Gasteiger partial charge in [0.1, 0.15) is 5.76 Å². The zero-order valence-corrected chi connectivity index (χ0v) is 9.37. The molecule has 0 aliphatic rings. The predicted molar refractivity (Wildman–Crippen MR) is 62.8 cm³/mol. The lowest BCUT2D eigenvalue weighted by atomic mass is 10.1. The van der Waals surface area contributed by atoms with E-state index in [4.69, 9.17) is 10.2 Å². The largest absolute Gasteiger partial charge is 0.458 e. The molecule has 1 atom stereocenters. The number of benzene rings is 1. The summed E-state index contributed by atoms with van der Waals surface area (Å²) in [7, 11) is 0. The lowest BCUT2D eigenvalue weighted by Crippen LogP contribution is -2.18. The maximum absolute atomic E-state index is 13.3. The van der Waals surface area contributed by atoms with Crippen LogP contribution >= 0.6 is 0 Å². The van der Waals surface area contributed by atoms with E-state index in [0.717, 1.165) is 30.4 Å². The summed E-state index contributed by atoms with van der Waals surface area (Å²) in [6.07, 6.45) is 2.59. The van der Waals surface area contributed by atoms with Crippen LogP contribution in [0.4, 0.5) is 4.39 Å². The first-order chi connectivity index (χ1) is 7.70. The fourth-order valence-corrected chi connectivity index (χ4v) is 1.74. The molecule has 2 rings (SSSR count). The molecule has 0 aliphatic heterocycles. The van der Waals surface area contributed by atoms with Crippen LogP contribution in [0.1, 0.15) is 25.5 Å². The molecule has 0 saturated heterocycles. The third-order valence-electron chi connectivity index (χ3n) is 2.83. The van der Waals surface area contributed by atoms with E-state index in [1.807, 2.05) is 12.1 Å². The molecule has 1 aromatic carbocycles. The van der Waals surface area contributed by atoms with E-state index >= 15 is 0 Å². The molecule has 0 fully saturated rings. The van der Waals surface area contributed by atoms with Gasteiger partial charge >= 0.3 is 0 Å². The Morgan fingerprint density at radius 2 is 2.25 bits per heavy atom. The van der Waals surface area contributed by atoms with Crippen molar-refractivity contribution in [3.63, 3.8) is 0 Å². The Morgan fingerprint density at radius 1 is 1.44 bits per heavy atom. The van der Waals surface area contributed by atoms with Crippen molar-refractivity contribution in [1.82, 2.24) is 0 Å². The quantitative estimate of drug-likeness (QED) is 0.860. The summed E-state index contributed by atoms with van der Waals surface area (Å²) in [5, 5.41) is 0.820. The van der Waals surface area contributed by atoms with Gasteiger partial charge in [0, 0.05) is 17.8 Å². The fraction of sp³-hybridized carbons (Fsp3) is 0.385. The van der Waals surface area contributed by atoms with Gasteiger partial charge in [-0.15, -0.1) is 0 Å². The maximum atomic E-state index is 13.3. The molecular formula is C13H16FNO. The molecule has 0 aliphatic carbocycles. The number of aryl methyl sites for hydroxylation is 1. The van der Waals surface area contributed by atoms with E-state index < -0.39 is 0 Å². The normalized spacial score (nSPS) is 13.2. The number of rotatable bonds is 4. The van der Waals surface area contributed by atoms with E-state index in [2.05, 4.69) is 6.92 Å². The Labute approximate surface area is 94.2 Å². The van der Waals surface area contributed by atoms with Crippen molar-refractivity contribution in [3.05, 3.63) is 35.8 Å². The zero-order valence-electron chi connectivity index (χ0n) is 9.37. The van der Waals surface area contributed by atoms with Crippen LogP contribution in [0.5, 0.6) is 0 Å². The first-order valence-electron chi connectivity index (χ1n) is 5.63. The molecule has 2 aromatic rings. The highest BCUT2D eigenvalue weighted by molar-refractivity contribution is 5.78. The third-order valence-corrected chi connectivity index (χ3v) is 2.83. The Balaban J connectivity index is 2.17. The molecule has 2 N–H and O–H groups in total. The number of fused-ring (bicyclic) bond motifs is 1. The molecule has 1 heterocycles. The van der Waals surface area contributed by atoms with Crippen molar-refractivity contribution < 1.29 is 8.81 Å². The van der Waals surface area contributed by atoms with Gasteiger partial charge in [-0.05, 0) is 25.0 Å². The maximum Gasteiger partial charge on any atom is 0.169 e. The summed E-state index contributed by atoms with van der Waals surface area (Å²) in [4.78, 5) is 0. The number of furan rings is 1. The number of hydrogen-bond acceptors (Lipinski definition) is 2. The van der Waals surface area contributed by atoms with Crippen LogP contribution in [0.2, 0.25) is 0 Å². The molecule has 2 nitrogen and oxygen atoms in total. The minimum absolute atomic E-state index is 0.193. The third kappa shape index (κ3) is 2.25. The molecule has 16 heavy (non-hydrogen) atoms. The van der Waals surface area contributed by atoms with Gasteiger partial charge in [0.05, 0.1) is 0 Å². The second kappa shape index (κ2) is 4.66. The summed E-state index contributed by atoms with van der Waals surface area (Å²) in [6, 6.07) is 7.03. The molecule has 3 heteroatoms. The average molecular weight is 221 g/mol. The summed E-state index contributed by atoms with van der Waals surface area (Å²) >= 11 is 0. The first-order valence-corrected chi connectivity index (χ1v) is 5.63. The van der Waals surface area contributed by atoms with Crippen LogP contribution in [0.3, 0.4) is 0 Å². The molecule has 0 radical (unpaired) electrons. The van der Waals surface area contributed by atoms with Crippen LogP contribution in [0, 0.1) is 5.82 Å². The highest BCUT2D eigenvalue weighted by Crippen LogP contribution is 2.23. The van der Waals surface area contributed by atoms with Crippen molar-refractivity contribution >= 4 is 11.0 Å². The van der Waals surface area contributed by atoms with E-state index in [9.17, 15) is 4.39 Å². The van der Waals surface area contributed by atoms with Crippen LogP contribution in [-0.2, 0) is 6.42 Å². The molecule has 0 amide bonds. The highest BCUT2D eigenvalue weighted by atomic mass is 19.1. The number of hydrogen-bond donors (Lipinski definition) is 1. The summed E-state index contributed by atoms with van der Waals surface area (Å²) in [5.74, 6) is 0.507. The SMILES string of the molecule is CCC(N)CCc1cc2cccc(F)c2o1. The van der Waals surface area contributed by atoms with Crippen molar-refractivity contribution in [3.8, 4) is 0 Å². The van der Waals surface area contributed by atoms with E-state index in [1.165, 1.54) is 6.07 Å². The standard InChI is InChI=1S/C13H16FNO/c1-2-10(15)6-7-11-8-9-4-3-5-12(14)13(9)16-11/h3-5,8,10H,2,6-7,15H2,1H3. The van der Waals surface area contributed by atoms with Gasteiger partial charge in [-0.3, -0.25) is 0 Å². The van der Waals surface area contributed by atoms with E-state index in [-0.39, 0.29) is 11.9 Å². The number of para-hydroxylation sites is 1. The second-order valence-electron chi connectivity index (χ2n) is 4.08. The molecule has 0 saturated carbocycles. The van der Waals surface area contributed by atoms with Gasteiger partial charge in [0.2, 0.25) is 0 Å².